The van der Waals surface area contributed by atoms with Gasteiger partial charge in [0.25, 0.3) is 0 Å². The minimum Gasteiger partial charge on any atom is -0.508 e. The first-order valence-corrected chi connectivity index (χ1v) is 7.07. The topological polar surface area (TPSA) is 50.1 Å². The Labute approximate surface area is 120 Å². The van der Waals surface area contributed by atoms with E-state index in [9.17, 15) is 5.11 Å². The quantitative estimate of drug-likeness (QED) is 0.851. The van der Waals surface area contributed by atoms with Gasteiger partial charge in [0.1, 0.15) is 5.75 Å². The molecule has 1 heterocycles. The molecule has 1 aromatic carbocycles. The Balaban J connectivity index is 1.80. The predicted octanol–water partition coefficient (Wildman–Crippen LogP) is 2.80. The minimum atomic E-state index is 0.304. The van der Waals surface area contributed by atoms with Crippen LogP contribution in [-0.2, 0) is 13.5 Å². The van der Waals surface area contributed by atoms with Crippen LogP contribution in [0.2, 0.25) is 0 Å². The lowest BCUT2D eigenvalue weighted by Crippen LogP contribution is -2.29. The van der Waals surface area contributed by atoms with Crippen LogP contribution in [0.25, 0.3) is 0 Å². The number of phenols is 1. The molecule has 2 unspecified atom stereocenters. The van der Waals surface area contributed by atoms with Gasteiger partial charge in [0, 0.05) is 30.9 Å². The van der Waals surface area contributed by atoms with Gasteiger partial charge < -0.3 is 10.4 Å². The van der Waals surface area contributed by atoms with Crippen molar-refractivity contribution in [1.82, 2.24) is 15.1 Å². The zero-order valence-electron chi connectivity index (χ0n) is 12.4. The highest BCUT2D eigenvalue weighted by Gasteiger charge is 2.11. The summed E-state index contributed by atoms with van der Waals surface area (Å²) in [5.41, 5.74) is 2.47. The fourth-order valence-electron chi connectivity index (χ4n) is 2.32. The standard InChI is InChI=1S/C16H23N3O/c1-12(4-5-14-6-8-16(20)9-7-14)18-13(2)15-10-17-19(3)11-15/h6-13,18,20H,4-5H2,1-3H3. The van der Waals surface area contributed by atoms with Crippen molar-refractivity contribution in [2.24, 2.45) is 7.05 Å². The van der Waals surface area contributed by atoms with E-state index in [1.54, 1.807) is 12.1 Å². The van der Waals surface area contributed by atoms with Crippen LogP contribution in [0, 0.1) is 0 Å². The maximum atomic E-state index is 9.26. The summed E-state index contributed by atoms with van der Waals surface area (Å²) in [4.78, 5) is 0. The fraction of sp³-hybridized carbons (Fsp3) is 0.438. The number of aromatic hydroxyl groups is 1. The van der Waals surface area contributed by atoms with Gasteiger partial charge in [-0.25, -0.2) is 0 Å². The smallest absolute Gasteiger partial charge is 0.115 e. The highest BCUT2D eigenvalue weighted by atomic mass is 16.3. The van der Waals surface area contributed by atoms with Gasteiger partial charge in [-0.05, 0) is 44.4 Å². The van der Waals surface area contributed by atoms with Crippen molar-refractivity contribution in [2.45, 2.75) is 38.8 Å². The first-order chi connectivity index (χ1) is 9.54. The summed E-state index contributed by atoms with van der Waals surface area (Å²) in [7, 11) is 1.93. The second kappa shape index (κ2) is 6.57. The number of hydrogen-bond donors (Lipinski definition) is 2. The van der Waals surface area contributed by atoms with E-state index in [1.165, 1.54) is 11.1 Å². The van der Waals surface area contributed by atoms with Crippen LogP contribution in [0.5, 0.6) is 5.75 Å². The third-order valence-corrected chi connectivity index (χ3v) is 3.56. The van der Waals surface area contributed by atoms with E-state index < -0.39 is 0 Å². The van der Waals surface area contributed by atoms with Gasteiger partial charge in [0.15, 0.2) is 0 Å². The average Bonchev–Trinajstić information content (AvgIpc) is 2.85. The fourth-order valence-corrected chi connectivity index (χ4v) is 2.32. The summed E-state index contributed by atoms with van der Waals surface area (Å²) >= 11 is 0. The summed E-state index contributed by atoms with van der Waals surface area (Å²) < 4.78 is 1.83. The number of nitrogens with zero attached hydrogens (tertiary/aromatic N) is 2. The molecule has 0 saturated carbocycles. The van der Waals surface area contributed by atoms with Crippen molar-refractivity contribution in [3.8, 4) is 5.75 Å². The van der Waals surface area contributed by atoms with Crippen molar-refractivity contribution in [2.75, 3.05) is 0 Å². The lowest BCUT2D eigenvalue weighted by atomic mass is 10.0. The second-order valence-electron chi connectivity index (χ2n) is 5.44. The summed E-state index contributed by atoms with van der Waals surface area (Å²) in [6, 6.07) is 8.17. The van der Waals surface area contributed by atoms with Gasteiger partial charge in [-0.2, -0.15) is 5.10 Å². The molecule has 0 spiro atoms. The van der Waals surface area contributed by atoms with Crippen molar-refractivity contribution >= 4 is 0 Å². The Hall–Kier alpha value is -1.81. The third kappa shape index (κ3) is 4.10. The molecule has 2 atom stereocenters. The normalized spacial score (nSPS) is 14.2. The summed E-state index contributed by atoms with van der Waals surface area (Å²) in [5.74, 6) is 0.324. The molecule has 1 aromatic heterocycles. The Bertz CT molecular complexity index is 533. The molecule has 108 valence electrons. The highest BCUT2D eigenvalue weighted by molar-refractivity contribution is 5.25. The molecule has 2 rings (SSSR count). The number of hydrogen-bond acceptors (Lipinski definition) is 3. The zero-order valence-corrected chi connectivity index (χ0v) is 12.4. The van der Waals surface area contributed by atoms with Crippen LogP contribution in [-0.4, -0.2) is 20.9 Å². The van der Waals surface area contributed by atoms with E-state index in [0.29, 0.717) is 17.8 Å². The number of phenolic OH excluding ortho intramolecular Hbond substituents is 1. The van der Waals surface area contributed by atoms with Crippen molar-refractivity contribution < 1.29 is 5.11 Å². The molecule has 0 amide bonds. The highest BCUT2D eigenvalue weighted by Crippen LogP contribution is 2.15. The Kier molecular flexibility index (Phi) is 4.79. The molecule has 0 saturated heterocycles. The summed E-state index contributed by atoms with van der Waals surface area (Å²) in [5, 5.41) is 17.0. The van der Waals surface area contributed by atoms with E-state index in [0.717, 1.165) is 12.8 Å². The van der Waals surface area contributed by atoms with Gasteiger partial charge >= 0.3 is 0 Å². The lowest BCUT2D eigenvalue weighted by molar-refractivity contribution is 0.455. The molecule has 0 fully saturated rings. The molecule has 0 aliphatic rings. The number of aryl methyl sites for hydroxylation is 2. The molecule has 0 bridgehead atoms. The summed E-state index contributed by atoms with van der Waals surface area (Å²) in [6.45, 7) is 4.36. The minimum absolute atomic E-state index is 0.304. The van der Waals surface area contributed by atoms with Crippen molar-refractivity contribution in [1.29, 1.82) is 0 Å². The molecular weight excluding hydrogens is 250 g/mol. The number of nitrogens with one attached hydrogen (secondary N) is 1. The van der Waals surface area contributed by atoms with Gasteiger partial charge in [-0.15, -0.1) is 0 Å². The van der Waals surface area contributed by atoms with Gasteiger partial charge in [0.05, 0.1) is 6.20 Å². The molecule has 0 aliphatic carbocycles. The van der Waals surface area contributed by atoms with E-state index in [-0.39, 0.29) is 0 Å². The molecule has 2 N–H and O–H groups in total. The molecule has 0 aliphatic heterocycles. The molecule has 4 heteroatoms. The molecule has 0 radical (unpaired) electrons. The maximum absolute atomic E-state index is 9.26. The van der Waals surface area contributed by atoms with E-state index in [4.69, 9.17) is 0 Å². The largest absolute Gasteiger partial charge is 0.508 e. The average molecular weight is 273 g/mol. The number of aromatic nitrogens is 2. The zero-order chi connectivity index (χ0) is 14.5. The van der Waals surface area contributed by atoms with E-state index in [1.807, 2.05) is 36.3 Å². The monoisotopic (exact) mass is 273 g/mol. The van der Waals surface area contributed by atoms with Crippen LogP contribution >= 0.6 is 0 Å². The van der Waals surface area contributed by atoms with Gasteiger partial charge in [-0.1, -0.05) is 12.1 Å². The SMILES string of the molecule is CC(CCc1ccc(O)cc1)NC(C)c1cnn(C)c1. The molecule has 2 aromatic rings. The van der Waals surface area contributed by atoms with Crippen LogP contribution in [0.1, 0.15) is 37.4 Å². The van der Waals surface area contributed by atoms with Crippen molar-refractivity contribution in [3.63, 3.8) is 0 Å². The molecule has 20 heavy (non-hydrogen) atoms. The van der Waals surface area contributed by atoms with E-state index in [2.05, 4.69) is 24.3 Å². The van der Waals surface area contributed by atoms with Gasteiger partial charge in [-0.3, -0.25) is 4.68 Å². The number of benzene rings is 1. The van der Waals surface area contributed by atoms with Crippen LogP contribution < -0.4 is 5.32 Å². The van der Waals surface area contributed by atoms with Crippen LogP contribution in [0.15, 0.2) is 36.7 Å². The first-order valence-electron chi connectivity index (χ1n) is 7.07. The third-order valence-electron chi connectivity index (χ3n) is 3.56. The maximum Gasteiger partial charge on any atom is 0.115 e. The van der Waals surface area contributed by atoms with E-state index >= 15 is 0 Å². The van der Waals surface area contributed by atoms with Crippen LogP contribution in [0.3, 0.4) is 0 Å². The Morgan fingerprint density at radius 3 is 2.55 bits per heavy atom. The van der Waals surface area contributed by atoms with Crippen molar-refractivity contribution in [3.05, 3.63) is 47.8 Å². The Morgan fingerprint density at radius 2 is 1.95 bits per heavy atom. The Morgan fingerprint density at radius 1 is 1.25 bits per heavy atom. The number of rotatable bonds is 6. The molecular formula is C16H23N3O. The summed E-state index contributed by atoms with van der Waals surface area (Å²) in [6.07, 6.45) is 6.03. The first kappa shape index (κ1) is 14.6. The molecule has 4 nitrogen and oxygen atoms in total. The second-order valence-corrected chi connectivity index (χ2v) is 5.44. The van der Waals surface area contributed by atoms with Gasteiger partial charge in [0.2, 0.25) is 0 Å². The predicted molar refractivity (Wildman–Crippen MR) is 80.6 cm³/mol. The van der Waals surface area contributed by atoms with Crippen LogP contribution in [0.4, 0.5) is 0 Å². The lowest BCUT2D eigenvalue weighted by Gasteiger charge is -2.19.